The van der Waals surface area contributed by atoms with Gasteiger partial charge in [-0.05, 0) is 25.0 Å². The van der Waals surface area contributed by atoms with E-state index in [1.807, 2.05) is 0 Å². The van der Waals surface area contributed by atoms with Crippen LogP contribution in [0, 0.1) is 0 Å². The molecule has 1 amide bonds. The Bertz CT molecular complexity index is 923. The molecule has 2 aromatic rings. The number of fused-ring (bicyclic) bond motifs is 2. The van der Waals surface area contributed by atoms with Crippen LogP contribution in [0.15, 0.2) is 34.3 Å². The van der Waals surface area contributed by atoms with Crippen LogP contribution in [-0.4, -0.2) is 45.7 Å². The molecule has 1 aromatic carbocycles. The van der Waals surface area contributed by atoms with Crippen molar-refractivity contribution in [3.05, 3.63) is 35.7 Å². The summed E-state index contributed by atoms with van der Waals surface area (Å²) in [5, 5.41) is 9.26. The van der Waals surface area contributed by atoms with Crippen molar-refractivity contribution >= 4 is 27.7 Å². The number of amides is 1. The molecular weight excluding hydrogens is 360 g/mol. The molecule has 0 aliphatic carbocycles. The maximum atomic E-state index is 12.5. The van der Waals surface area contributed by atoms with Crippen molar-refractivity contribution in [3.63, 3.8) is 0 Å². The van der Waals surface area contributed by atoms with Crippen LogP contribution in [-0.2, 0) is 23.0 Å². The molecule has 0 saturated carbocycles. The summed E-state index contributed by atoms with van der Waals surface area (Å²) < 4.78 is 28.1. The summed E-state index contributed by atoms with van der Waals surface area (Å²) in [6, 6.07) is 6.35. The lowest BCUT2D eigenvalue weighted by Crippen LogP contribution is -2.32. The summed E-state index contributed by atoms with van der Waals surface area (Å²) in [7, 11) is -3.73. The van der Waals surface area contributed by atoms with Gasteiger partial charge in [-0.15, -0.1) is 10.2 Å². The Labute approximate surface area is 150 Å². The van der Waals surface area contributed by atoms with Gasteiger partial charge in [0.2, 0.25) is 0 Å². The van der Waals surface area contributed by atoms with Gasteiger partial charge in [0.05, 0.1) is 5.56 Å². The Morgan fingerprint density at radius 1 is 1.12 bits per heavy atom. The maximum absolute atomic E-state index is 12.5. The van der Waals surface area contributed by atoms with E-state index in [-0.39, 0.29) is 17.0 Å². The van der Waals surface area contributed by atoms with Crippen molar-refractivity contribution in [2.75, 3.05) is 12.3 Å². The molecular formula is C16H18N4O3S2. The van der Waals surface area contributed by atoms with E-state index in [2.05, 4.69) is 14.8 Å². The van der Waals surface area contributed by atoms with Gasteiger partial charge >= 0.3 is 0 Å². The number of benzene rings is 1. The average molecular weight is 378 g/mol. The van der Waals surface area contributed by atoms with Gasteiger partial charge < -0.3 is 4.57 Å². The van der Waals surface area contributed by atoms with Gasteiger partial charge in [0, 0.05) is 25.3 Å². The molecule has 9 heteroatoms. The minimum atomic E-state index is -3.73. The zero-order chi connectivity index (χ0) is 17.4. The summed E-state index contributed by atoms with van der Waals surface area (Å²) in [6.45, 7) is 1.03. The monoisotopic (exact) mass is 378 g/mol. The van der Waals surface area contributed by atoms with Crippen LogP contribution in [0.3, 0.4) is 0 Å². The van der Waals surface area contributed by atoms with Crippen LogP contribution in [0.5, 0.6) is 0 Å². The number of hydrogen-bond donors (Lipinski definition) is 0. The topological polar surface area (TPSA) is 85.2 Å². The molecule has 0 N–H and O–H groups in total. The van der Waals surface area contributed by atoms with Crippen LogP contribution in [0.25, 0.3) is 0 Å². The lowest BCUT2D eigenvalue weighted by molar-refractivity contribution is 0.0876. The van der Waals surface area contributed by atoms with Crippen LogP contribution >= 0.6 is 11.8 Å². The molecule has 25 heavy (non-hydrogen) atoms. The number of aryl methyl sites for hydroxylation is 1. The van der Waals surface area contributed by atoms with Crippen molar-refractivity contribution in [1.82, 2.24) is 19.1 Å². The fourth-order valence-electron chi connectivity index (χ4n) is 3.24. The summed E-state index contributed by atoms with van der Waals surface area (Å²) in [5.41, 5.74) is 0.254. The van der Waals surface area contributed by atoms with Gasteiger partial charge in [-0.1, -0.05) is 30.3 Å². The van der Waals surface area contributed by atoms with Gasteiger partial charge in [-0.25, -0.2) is 12.7 Å². The Morgan fingerprint density at radius 3 is 2.80 bits per heavy atom. The van der Waals surface area contributed by atoms with E-state index >= 15 is 0 Å². The Kier molecular flexibility index (Phi) is 4.28. The number of thioether (sulfide) groups is 1. The number of nitrogens with zero attached hydrogens (tertiary/aromatic N) is 4. The van der Waals surface area contributed by atoms with E-state index in [1.165, 1.54) is 24.2 Å². The van der Waals surface area contributed by atoms with Crippen molar-refractivity contribution in [2.24, 2.45) is 0 Å². The molecule has 0 spiro atoms. The Morgan fingerprint density at radius 2 is 1.96 bits per heavy atom. The van der Waals surface area contributed by atoms with Gasteiger partial charge in [-0.2, -0.15) is 0 Å². The van der Waals surface area contributed by atoms with E-state index in [9.17, 15) is 13.2 Å². The van der Waals surface area contributed by atoms with Crippen molar-refractivity contribution in [3.8, 4) is 0 Å². The zero-order valence-electron chi connectivity index (χ0n) is 13.6. The highest BCUT2D eigenvalue weighted by molar-refractivity contribution is 7.99. The third-order valence-corrected chi connectivity index (χ3v) is 7.30. The lowest BCUT2D eigenvalue weighted by atomic mass is 10.2. The molecule has 1 aromatic heterocycles. The van der Waals surface area contributed by atoms with Gasteiger partial charge in [0.1, 0.15) is 10.7 Å². The third kappa shape index (κ3) is 2.85. The van der Waals surface area contributed by atoms with E-state index in [0.717, 1.165) is 41.1 Å². The van der Waals surface area contributed by atoms with Crippen LogP contribution in [0.4, 0.5) is 0 Å². The minimum absolute atomic E-state index is 0.0985. The highest BCUT2D eigenvalue weighted by Crippen LogP contribution is 2.30. The van der Waals surface area contributed by atoms with Crippen molar-refractivity contribution < 1.29 is 13.2 Å². The Hall–Kier alpha value is -1.87. The Balaban J connectivity index is 1.47. The molecule has 0 radical (unpaired) electrons. The maximum Gasteiger partial charge on any atom is 0.269 e. The van der Waals surface area contributed by atoms with Gasteiger partial charge in [-0.3, -0.25) is 4.79 Å². The molecule has 2 aliphatic heterocycles. The number of sulfonamides is 1. The van der Waals surface area contributed by atoms with Gasteiger partial charge in [0.25, 0.3) is 15.9 Å². The second kappa shape index (κ2) is 6.45. The number of carbonyl (C=O) groups excluding carboxylic acids is 1. The first-order chi connectivity index (χ1) is 12.1. The molecule has 132 valence electrons. The third-order valence-electron chi connectivity index (χ3n) is 4.51. The summed E-state index contributed by atoms with van der Waals surface area (Å²) in [6.07, 6.45) is 4.35. The highest BCUT2D eigenvalue weighted by Gasteiger charge is 2.40. The number of rotatable bonds is 4. The van der Waals surface area contributed by atoms with Crippen molar-refractivity contribution in [2.45, 2.75) is 42.3 Å². The minimum Gasteiger partial charge on any atom is -0.306 e. The zero-order valence-corrected chi connectivity index (χ0v) is 15.2. The molecule has 2 aliphatic rings. The SMILES string of the molecule is O=C1c2ccccc2S(=O)(=O)N1CCSc1nnc2n1CCCCC2. The first-order valence-electron chi connectivity index (χ1n) is 8.30. The summed E-state index contributed by atoms with van der Waals surface area (Å²) in [4.78, 5) is 12.5. The summed E-state index contributed by atoms with van der Waals surface area (Å²) in [5.74, 6) is 1.01. The number of carbonyl (C=O) groups is 1. The summed E-state index contributed by atoms with van der Waals surface area (Å²) >= 11 is 1.45. The van der Waals surface area contributed by atoms with Gasteiger partial charge in [0.15, 0.2) is 5.16 Å². The second-order valence-electron chi connectivity index (χ2n) is 6.09. The number of aromatic nitrogens is 3. The van der Waals surface area contributed by atoms with E-state index in [4.69, 9.17) is 0 Å². The number of hydrogen-bond acceptors (Lipinski definition) is 6. The first-order valence-corrected chi connectivity index (χ1v) is 10.7. The predicted molar refractivity (Wildman–Crippen MR) is 93.0 cm³/mol. The van der Waals surface area contributed by atoms with E-state index in [0.29, 0.717) is 5.75 Å². The molecule has 3 heterocycles. The quantitative estimate of drug-likeness (QED) is 0.756. The molecule has 0 unspecified atom stereocenters. The smallest absolute Gasteiger partial charge is 0.269 e. The van der Waals surface area contributed by atoms with E-state index < -0.39 is 15.9 Å². The van der Waals surface area contributed by atoms with Crippen molar-refractivity contribution in [1.29, 1.82) is 0 Å². The van der Waals surface area contributed by atoms with E-state index in [1.54, 1.807) is 18.2 Å². The molecule has 0 bridgehead atoms. The molecule has 4 rings (SSSR count). The largest absolute Gasteiger partial charge is 0.306 e. The first kappa shape index (κ1) is 16.6. The standard InChI is InChI=1S/C16H18N4O3S2/c21-15-12-6-3-4-7-13(12)25(22,23)20(15)10-11-24-16-18-17-14-8-2-1-5-9-19(14)16/h3-4,6-7H,1-2,5,8-11H2. The molecule has 0 saturated heterocycles. The molecule has 0 fully saturated rings. The molecule has 0 atom stereocenters. The average Bonchev–Trinajstić information content (AvgIpc) is 2.95. The normalized spacial score (nSPS) is 18.7. The predicted octanol–water partition coefficient (Wildman–Crippen LogP) is 1.94. The molecule has 7 nitrogen and oxygen atoms in total. The highest BCUT2D eigenvalue weighted by atomic mass is 32.2. The fraction of sp³-hybridized carbons (Fsp3) is 0.438. The van der Waals surface area contributed by atoms with Crippen LogP contribution < -0.4 is 0 Å². The fourth-order valence-corrected chi connectivity index (χ4v) is 5.83. The second-order valence-corrected chi connectivity index (χ2v) is 8.98. The lowest BCUT2D eigenvalue weighted by Gasteiger charge is -2.14. The van der Waals surface area contributed by atoms with Crippen LogP contribution in [0.2, 0.25) is 0 Å². The van der Waals surface area contributed by atoms with Crippen LogP contribution in [0.1, 0.15) is 35.4 Å².